The number of hydrogen-bond donors (Lipinski definition) is 2. The Morgan fingerprint density at radius 3 is 2.37 bits per heavy atom. The Hall–Kier alpha value is -0.780. The van der Waals surface area contributed by atoms with Crippen molar-refractivity contribution in [3.05, 3.63) is 0 Å². The molecule has 0 aromatic carbocycles. The van der Waals surface area contributed by atoms with E-state index in [1.165, 1.54) is 0 Å². The Morgan fingerprint density at radius 1 is 1.32 bits per heavy atom. The third-order valence-corrected chi connectivity index (χ3v) is 3.91. The zero-order valence-electron chi connectivity index (χ0n) is 11.5. The molecule has 0 spiro atoms. The van der Waals surface area contributed by atoms with Gasteiger partial charge in [-0.15, -0.1) is 0 Å². The third-order valence-electron chi connectivity index (χ3n) is 3.91. The summed E-state index contributed by atoms with van der Waals surface area (Å²) in [5.74, 6) is -2.16. The summed E-state index contributed by atoms with van der Waals surface area (Å²) in [6.45, 7) is 3.85. The molecule has 1 aliphatic carbocycles. The Bertz CT molecular complexity index is 305. The Balaban J connectivity index is 2.69. The first-order valence-corrected chi connectivity index (χ1v) is 6.84. The van der Waals surface area contributed by atoms with Crippen LogP contribution < -0.4 is 11.1 Å². The fourth-order valence-corrected chi connectivity index (χ4v) is 2.67. The molecule has 3 N–H and O–H groups in total. The maximum absolute atomic E-state index is 12.9. The Labute approximate surface area is 112 Å². The molecule has 1 saturated carbocycles. The number of alkyl halides is 3. The van der Waals surface area contributed by atoms with Crippen LogP contribution in [0.4, 0.5) is 13.2 Å². The number of carbonyl (C=O) groups excluding carboxylic acids is 1. The summed E-state index contributed by atoms with van der Waals surface area (Å²) in [5.41, 5.74) is 5.52. The second-order valence-corrected chi connectivity index (χ2v) is 5.63. The first-order valence-electron chi connectivity index (χ1n) is 6.84. The average Bonchev–Trinajstić information content (AvgIpc) is 2.28. The summed E-state index contributed by atoms with van der Waals surface area (Å²) < 4.78 is 38.7. The van der Waals surface area contributed by atoms with Crippen LogP contribution in [0.3, 0.4) is 0 Å². The van der Waals surface area contributed by atoms with E-state index in [-0.39, 0.29) is 24.8 Å². The molecule has 1 rings (SSSR count). The molecule has 0 aromatic heterocycles. The molecule has 3 nitrogen and oxygen atoms in total. The van der Waals surface area contributed by atoms with Gasteiger partial charge in [-0.25, -0.2) is 0 Å². The predicted octanol–water partition coefficient (Wildman–Crippen LogP) is 2.45. The van der Waals surface area contributed by atoms with E-state index in [0.29, 0.717) is 12.8 Å². The van der Waals surface area contributed by atoms with E-state index in [2.05, 4.69) is 5.32 Å². The molecule has 0 bridgehead atoms. The zero-order chi connectivity index (χ0) is 14.6. The van der Waals surface area contributed by atoms with Gasteiger partial charge in [0.2, 0.25) is 5.91 Å². The van der Waals surface area contributed by atoms with Crippen molar-refractivity contribution in [2.75, 3.05) is 6.54 Å². The first kappa shape index (κ1) is 16.3. The largest absolute Gasteiger partial charge is 0.393 e. The highest BCUT2D eigenvalue weighted by Crippen LogP contribution is 2.37. The van der Waals surface area contributed by atoms with Crippen LogP contribution in [-0.4, -0.2) is 24.7 Å². The van der Waals surface area contributed by atoms with Crippen molar-refractivity contribution in [1.29, 1.82) is 0 Å². The molecular weight excluding hydrogens is 257 g/mol. The Kier molecular flexibility index (Phi) is 5.64. The van der Waals surface area contributed by atoms with E-state index in [1.807, 2.05) is 13.8 Å². The molecule has 1 aliphatic rings. The standard InChI is InChI=1S/C13H23F3N2O/c1-8(2)9(7-17)12(19)18-11-6-4-3-5-10(11)13(14,15)16/h8-11H,3-7,17H2,1-2H3,(H,18,19). The van der Waals surface area contributed by atoms with Crippen molar-refractivity contribution in [1.82, 2.24) is 5.32 Å². The normalized spacial score (nSPS) is 26.3. The fraction of sp³-hybridized carbons (Fsp3) is 0.923. The van der Waals surface area contributed by atoms with Gasteiger partial charge in [-0.2, -0.15) is 13.2 Å². The molecule has 0 aromatic rings. The van der Waals surface area contributed by atoms with Crippen molar-refractivity contribution < 1.29 is 18.0 Å². The van der Waals surface area contributed by atoms with E-state index < -0.39 is 24.1 Å². The molecule has 0 heterocycles. The Morgan fingerprint density at radius 2 is 1.89 bits per heavy atom. The van der Waals surface area contributed by atoms with Gasteiger partial charge in [-0.3, -0.25) is 4.79 Å². The number of halogens is 3. The summed E-state index contributed by atoms with van der Waals surface area (Å²) in [6, 6.07) is -0.797. The molecule has 112 valence electrons. The van der Waals surface area contributed by atoms with Crippen molar-refractivity contribution in [2.45, 2.75) is 51.7 Å². The van der Waals surface area contributed by atoms with Gasteiger partial charge in [-0.05, 0) is 18.8 Å². The van der Waals surface area contributed by atoms with Crippen molar-refractivity contribution in [3.63, 3.8) is 0 Å². The van der Waals surface area contributed by atoms with Gasteiger partial charge >= 0.3 is 6.18 Å². The van der Waals surface area contributed by atoms with Crippen LogP contribution >= 0.6 is 0 Å². The summed E-state index contributed by atoms with van der Waals surface area (Å²) >= 11 is 0. The minimum atomic E-state index is -4.24. The second-order valence-electron chi connectivity index (χ2n) is 5.63. The molecular formula is C13H23F3N2O. The van der Waals surface area contributed by atoms with E-state index in [1.54, 1.807) is 0 Å². The summed E-state index contributed by atoms with van der Waals surface area (Å²) in [7, 11) is 0. The van der Waals surface area contributed by atoms with Gasteiger partial charge in [0.1, 0.15) is 0 Å². The van der Waals surface area contributed by atoms with Crippen LogP contribution in [0.15, 0.2) is 0 Å². The van der Waals surface area contributed by atoms with Gasteiger partial charge in [0.25, 0.3) is 0 Å². The summed E-state index contributed by atoms with van der Waals surface area (Å²) in [5, 5.41) is 2.57. The lowest BCUT2D eigenvalue weighted by molar-refractivity contribution is -0.189. The number of carbonyl (C=O) groups is 1. The number of hydrogen-bond acceptors (Lipinski definition) is 2. The summed E-state index contributed by atoms with van der Waals surface area (Å²) in [4.78, 5) is 12.0. The highest BCUT2D eigenvalue weighted by molar-refractivity contribution is 5.79. The van der Waals surface area contributed by atoms with E-state index >= 15 is 0 Å². The smallest absolute Gasteiger partial charge is 0.352 e. The third kappa shape index (κ3) is 4.37. The van der Waals surface area contributed by atoms with Gasteiger partial charge in [0.15, 0.2) is 0 Å². The lowest BCUT2D eigenvalue weighted by atomic mass is 9.83. The molecule has 3 unspecified atom stereocenters. The molecule has 0 saturated heterocycles. The molecule has 0 radical (unpaired) electrons. The van der Waals surface area contributed by atoms with Gasteiger partial charge in [0.05, 0.1) is 11.8 Å². The first-order chi connectivity index (χ1) is 8.77. The van der Waals surface area contributed by atoms with Crippen LogP contribution in [0.5, 0.6) is 0 Å². The average molecular weight is 280 g/mol. The molecule has 1 fully saturated rings. The molecule has 6 heteroatoms. The molecule has 19 heavy (non-hydrogen) atoms. The zero-order valence-corrected chi connectivity index (χ0v) is 11.5. The van der Waals surface area contributed by atoms with Crippen molar-refractivity contribution in [3.8, 4) is 0 Å². The molecule has 3 atom stereocenters. The minimum absolute atomic E-state index is 0.0259. The van der Waals surface area contributed by atoms with E-state index in [0.717, 1.165) is 6.42 Å². The quantitative estimate of drug-likeness (QED) is 0.831. The van der Waals surface area contributed by atoms with Gasteiger partial charge in [-0.1, -0.05) is 26.7 Å². The van der Waals surface area contributed by atoms with Crippen LogP contribution in [0.1, 0.15) is 39.5 Å². The van der Waals surface area contributed by atoms with E-state index in [9.17, 15) is 18.0 Å². The second kappa shape index (κ2) is 6.59. The van der Waals surface area contributed by atoms with Crippen molar-refractivity contribution in [2.24, 2.45) is 23.5 Å². The summed E-state index contributed by atoms with van der Waals surface area (Å²) in [6.07, 6.45) is -2.45. The van der Waals surface area contributed by atoms with Gasteiger partial charge in [0, 0.05) is 12.6 Å². The fourth-order valence-electron chi connectivity index (χ4n) is 2.67. The van der Waals surface area contributed by atoms with Crippen molar-refractivity contribution >= 4 is 5.91 Å². The number of amides is 1. The maximum atomic E-state index is 12.9. The maximum Gasteiger partial charge on any atom is 0.393 e. The van der Waals surface area contributed by atoms with Crippen LogP contribution in [0.2, 0.25) is 0 Å². The lowest BCUT2D eigenvalue weighted by Crippen LogP contribution is -2.50. The van der Waals surface area contributed by atoms with Crippen LogP contribution in [0, 0.1) is 17.8 Å². The van der Waals surface area contributed by atoms with Crippen LogP contribution in [0.25, 0.3) is 0 Å². The monoisotopic (exact) mass is 280 g/mol. The highest BCUT2D eigenvalue weighted by atomic mass is 19.4. The number of nitrogens with two attached hydrogens (primary N) is 1. The molecule has 1 amide bonds. The number of nitrogens with one attached hydrogen (secondary N) is 1. The number of rotatable bonds is 4. The predicted molar refractivity (Wildman–Crippen MR) is 67.3 cm³/mol. The van der Waals surface area contributed by atoms with E-state index in [4.69, 9.17) is 5.73 Å². The highest BCUT2D eigenvalue weighted by Gasteiger charge is 2.46. The topological polar surface area (TPSA) is 55.1 Å². The minimum Gasteiger partial charge on any atom is -0.352 e. The van der Waals surface area contributed by atoms with Gasteiger partial charge < -0.3 is 11.1 Å². The molecule has 0 aliphatic heterocycles. The van der Waals surface area contributed by atoms with Crippen LogP contribution in [-0.2, 0) is 4.79 Å². The SMILES string of the molecule is CC(C)C(CN)C(=O)NC1CCCCC1C(F)(F)F. The lowest BCUT2D eigenvalue weighted by Gasteiger charge is -2.34.